The monoisotopic (exact) mass is 428 g/mol. The Bertz CT molecular complexity index is 1100. The van der Waals surface area contributed by atoms with E-state index in [9.17, 15) is 4.79 Å². The summed E-state index contributed by atoms with van der Waals surface area (Å²) >= 11 is 13.7. The van der Waals surface area contributed by atoms with Gasteiger partial charge in [0.1, 0.15) is 11.5 Å². The maximum atomic E-state index is 12.3. The smallest absolute Gasteiger partial charge is 0.264 e. The summed E-state index contributed by atoms with van der Waals surface area (Å²) < 4.78 is 5.83. The molecule has 0 spiro atoms. The highest BCUT2D eigenvalue weighted by Gasteiger charge is 2.24. The number of hydrogen-bond acceptors (Lipinski definition) is 4. The first kappa shape index (κ1) is 18.9. The van der Waals surface area contributed by atoms with E-state index in [-0.39, 0.29) is 5.91 Å². The molecule has 1 saturated heterocycles. The van der Waals surface area contributed by atoms with Crippen LogP contribution in [0.1, 0.15) is 11.3 Å². The Hall–Kier alpha value is -2.47. The molecule has 1 amide bonds. The van der Waals surface area contributed by atoms with E-state index >= 15 is 0 Å². The first-order valence-corrected chi connectivity index (χ1v) is 9.97. The fourth-order valence-electron chi connectivity index (χ4n) is 2.64. The maximum absolute atomic E-state index is 12.3. The molecule has 140 valence electrons. The van der Waals surface area contributed by atoms with Crippen molar-refractivity contribution in [2.24, 2.45) is 4.99 Å². The number of thioether (sulfide) groups is 1. The zero-order valence-corrected chi connectivity index (χ0v) is 17.0. The lowest BCUT2D eigenvalue weighted by Crippen LogP contribution is -2.19. The normalized spacial score (nSPS) is 16.8. The number of carbonyl (C=O) groups excluding carboxylic acids is 1. The highest BCUT2D eigenvalue weighted by molar-refractivity contribution is 8.18. The van der Waals surface area contributed by atoms with Gasteiger partial charge < -0.3 is 9.73 Å². The van der Waals surface area contributed by atoms with Gasteiger partial charge in [-0.1, -0.05) is 47.0 Å². The van der Waals surface area contributed by atoms with Gasteiger partial charge in [0.25, 0.3) is 5.91 Å². The fraction of sp³-hybridized carbons (Fsp3) is 0.0476. The number of carbonyl (C=O) groups is 1. The fourth-order valence-corrected chi connectivity index (χ4v) is 4.05. The number of furan rings is 1. The van der Waals surface area contributed by atoms with Gasteiger partial charge in [0.2, 0.25) is 0 Å². The zero-order chi connectivity index (χ0) is 19.7. The van der Waals surface area contributed by atoms with E-state index < -0.39 is 0 Å². The van der Waals surface area contributed by atoms with Gasteiger partial charge in [0.05, 0.1) is 26.2 Å². The summed E-state index contributed by atoms with van der Waals surface area (Å²) in [5, 5.41) is 4.30. The first-order valence-electron chi connectivity index (χ1n) is 8.40. The van der Waals surface area contributed by atoms with Gasteiger partial charge in [-0.25, -0.2) is 4.99 Å². The second-order valence-corrected chi connectivity index (χ2v) is 7.96. The van der Waals surface area contributed by atoms with Crippen LogP contribution in [0.3, 0.4) is 0 Å². The Morgan fingerprint density at radius 3 is 2.46 bits per heavy atom. The zero-order valence-electron chi connectivity index (χ0n) is 14.7. The molecule has 4 nitrogen and oxygen atoms in total. The molecule has 1 N–H and O–H groups in total. The minimum Gasteiger partial charge on any atom is -0.457 e. The Morgan fingerprint density at radius 1 is 1.04 bits per heavy atom. The molecule has 0 radical (unpaired) electrons. The van der Waals surface area contributed by atoms with Crippen molar-refractivity contribution in [3.63, 3.8) is 0 Å². The van der Waals surface area contributed by atoms with Crippen LogP contribution in [0.5, 0.6) is 0 Å². The molecule has 2 heterocycles. The van der Waals surface area contributed by atoms with Crippen molar-refractivity contribution in [1.82, 2.24) is 5.32 Å². The van der Waals surface area contributed by atoms with Crippen LogP contribution in [0.4, 0.5) is 5.69 Å². The molecule has 1 aliphatic heterocycles. The highest BCUT2D eigenvalue weighted by atomic mass is 35.5. The summed E-state index contributed by atoms with van der Waals surface area (Å²) in [6.07, 6.45) is 1.67. The van der Waals surface area contributed by atoms with Gasteiger partial charge in [-0.05, 0) is 55.1 Å². The van der Waals surface area contributed by atoms with Crippen molar-refractivity contribution >= 4 is 57.8 Å². The standard InChI is InChI=1S/C21H14Cl2N2O2S/c1-12-5-7-13(8-6-12)24-21-25-20(26)18(28-21)11-14-9-10-17(27-14)19-15(22)3-2-4-16(19)23/h2-11H,1H3,(H,24,25,26)/b18-11+. The number of aliphatic imine (C=N–C) groups is 1. The van der Waals surface area contributed by atoms with Crippen LogP contribution in [-0.4, -0.2) is 11.1 Å². The molecule has 1 fully saturated rings. The Kier molecular flexibility index (Phi) is 5.31. The maximum Gasteiger partial charge on any atom is 0.264 e. The number of hydrogen-bond donors (Lipinski definition) is 1. The number of amides is 1. The van der Waals surface area contributed by atoms with Crippen LogP contribution in [0.15, 0.2) is 68.9 Å². The molecule has 2 aromatic carbocycles. The van der Waals surface area contributed by atoms with E-state index in [0.29, 0.717) is 37.2 Å². The van der Waals surface area contributed by atoms with Crippen LogP contribution < -0.4 is 5.32 Å². The lowest BCUT2D eigenvalue weighted by molar-refractivity contribution is -0.115. The molecule has 0 unspecified atom stereocenters. The summed E-state index contributed by atoms with van der Waals surface area (Å²) in [7, 11) is 0. The van der Waals surface area contributed by atoms with Crippen molar-refractivity contribution in [3.8, 4) is 11.3 Å². The van der Waals surface area contributed by atoms with Gasteiger partial charge in [-0.3, -0.25) is 4.79 Å². The molecule has 28 heavy (non-hydrogen) atoms. The third kappa shape index (κ3) is 4.02. The van der Waals surface area contributed by atoms with Gasteiger partial charge in [0.15, 0.2) is 5.17 Å². The molecule has 0 atom stereocenters. The molecular weight excluding hydrogens is 415 g/mol. The molecule has 1 aromatic heterocycles. The molecule has 1 aliphatic rings. The topological polar surface area (TPSA) is 54.6 Å². The molecule has 7 heteroatoms. The number of nitrogens with one attached hydrogen (secondary N) is 1. The van der Waals surface area contributed by atoms with Crippen LogP contribution in [0.25, 0.3) is 17.4 Å². The quantitative estimate of drug-likeness (QED) is 0.487. The van der Waals surface area contributed by atoms with E-state index in [2.05, 4.69) is 10.3 Å². The van der Waals surface area contributed by atoms with E-state index in [1.807, 2.05) is 31.2 Å². The molecule has 0 bridgehead atoms. The van der Waals surface area contributed by atoms with Crippen molar-refractivity contribution in [2.75, 3.05) is 0 Å². The second kappa shape index (κ2) is 7.87. The van der Waals surface area contributed by atoms with Crippen LogP contribution in [0.2, 0.25) is 10.0 Å². The highest BCUT2D eigenvalue weighted by Crippen LogP contribution is 2.36. The largest absolute Gasteiger partial charge is 0.457 e. The summed E-state index contributed by atoms with van der Waals surface area (Å²) in [4.78, 5) is 17.2. The molecule has 4 rings (SSSR count). The van der Waals surface area contributed by atoms with Crippen molar-refractivity contribution < 1.29 is 9.21 Å². The van der Waals surface area contributed by atoms with E-state index in [1.54, 1.807) is 36.4 Å². The minimum absolute atomic E-state index is 0.218. The number of benzene rings is 2. The summed E-state index contributed by atoms with van der Waals surface area (Å²) in [5.74, 6) is 0.851. The molecular formula is C21H14Cl2N2O2S. The Morgan fingerprint density at radius 2 is 1.75 bits per heavy atom. The Labute approximate surface area is 176 Å². The number of rotatable bonds is 3. The lowest BCUT2D eigenvalue weighted by atomic mass is 10.2. The predicted octanol–water partition coefficient (Wildman–Crippen LogP) is 6.45. The van der Waals surface area contributed by atoms with E-state index in [1.165, 1.54) is 11.8 Å². The van der Waals surface area contributed by atoms with Crippen LogP contribution in [0, 0.1) is 6.92 Å². The summed E-state index contributed by atoms with van der Waals surface area (Å²) in [5.41, 5.74) is 2.56. The third-order valence-electron chi connectivity index (χ3n) is 4.02. The Balaban J connectivity index is 1.57. The van der Waals surface area contributed by atoms with E-state index in [0.717, 1.165) is 11.3 Å². The first-order chi connectivity index (χ1) is 13.5. The number of nitrogens with zero attached hydrogens (tertiary/aromatic N) is 1. The summed E-state index contributed by atoms with van der Waals surface area (Å²) in [6.45, 7) is 2.01. The van der Waals surface area contributed by atoms with Crippen LogP contribution in [-0.2, 0) is 4.79 Å². The SMILES string of the molecule is Cc1ccc(N=C2NC(=O)/C(=C\c3ccc(-c4c(Cl)cccc4Cl)o3)S2)cc1. The number of amidine groups is 1. The van der Waals surface area contributed by atoms with Crippen molar-refractivity contribution in [3.05, 3.63) is 80.9 Å². The minimum atomic E-state index is -0.218. The summed E-state index contributed by atoms with van der Waals surface area (Å²) in [6, 6.07) is 16.6. The number of halogens is 2. The lowest BCUT2D eigenvalue weighted by Gasteiger charge is -2.02. The average molecular weight is 429 g/mol. The van der Waals surface area contributed by atoms with Crippen molar-refractivity contribution in [2.45, 2.75) is 6.92 Å². The van der Waals surface area contributed by atoms with Crippen molar-refractivity contribution in [1.29, 1.82) is 0 Å². The molecule has 0 saturated carbocycles. The second-order valence-electron chi connectivity index (χ2n) is 6.12. The number of aryl methyl sites for hydroxylation is 1. The van der Waals surface area contributed by atoms with Gasteiger partial charge in [0, 0.05) is 6.08 Å². The molecule has 0 aliphatic carbocycles. The predicted molar refractivity (Wildman–Crippen MR) is 116 cm³/mol. The average Bonchev–Trinajstić information content (AvgIpc) is 3.24. The van der Waals surface area contributed by atoms with E-state index in [4.69, 9.17) is 27.6 Å². The van der Waals surface area contributed by atoms with Crippen LogP contribution >= 0.6 is 35.0 Å². The van der Waals surface area contributed by atoms with Gasteiger partial charge in [-0.15, -0.1) is 0 Å². The molecule has 3 aromatic rings. The van der Waals surface area contributed by atoms with Gasteiger partial charge >= 0.3 is 0 Å². The third-order valence-corrected chi connectivity index (χ3v) is 5.56. The van der Waals surface area contributed by atoms with Gasteiger partial charge in [-0.2, -0.15) is 0 Å².